The number of carbonyl (C=O) groups is 2. The van der Waals surface area contributed by atoms with E-state index in [0.29, 0.717) is 5.56 Å². The Balaban J connectivity index is 2.63. The molecule has 138 valence electrons. The average Bonchev–Trinajstić information content (AvgIpc) is 2.54. The van der Waals surface area contributed by atoms with E-state index in [1.165, 1.54) is 37.6 Å². The van der Waals surface area contributed by atoms with Crippen LogP contribution in [0, 0.1) is 5.82 Å². The number of pyridine rings is 1. The summed E-state index contributed by atoms with van der Waals surface area (Å²) >= 11 is 0. The molecule has 2 rings (SSSR count). The molecule has 0 aliphatic rings. The van der Waals surface area contributed by atoms with Crippen molar-refractivity contribution in [2.45, 2.75) is 32.8 Å². The van der Waals surface area contributed by atoms with Crippen LogP contribution in [0.3, 0.4) is 0 Å². The van der Waals surface area contributed by atoms with Crippen molar-refractivity contribution in [3.05, 3.63) is 47.4 Å². The topological polar surface area (TPSA) is 91.5 Å². The molecule has 0 fully saturated rings. The van der Waals surface area contributed by atoms with E-state index >= 15 is 4.39 Å². The van der Waals surface area contributed by atoms with Crippen molar-refractivity contribution in [1.82, 2.24) is 4.98 Å². The van der Waals surface area contributed by atoms with E-state index < -0.39 is 23.4 Å². The largest absolute Gasteiger partial charge is 0.469 e. The van der Waals surface area contributed by atoms with E-state index in [0.717, 1.165) is 0 Å². The number of hydrogen-bond acceptors (Lipinski definition) is 6. The van der Waals surface area contributed by atoms with Gasteiger partial charge in [0, 0.05) is 11.8 Å². The number of nitrogen functional groups attached to an aromatic ring is 1. The van der Waals surface area contributed by atoms with Crippen molar-refractivity contribution in [3.63, 3.8) is 0 Å². The minimum absolute atomic E-state index is 0.00903. The maximum atomic E-state index is 15.2. The number of carbonyl (C=O) groups excluding carboxylic acids is 2. The molecule has 0 spiro atoms. The van der Waals surface area contributed by atoms with Crippen molar-refractivity contribution in [2.75, 3.05) is 12.8 Å². The van der Waals surface area contributed by atoms with Crippen LogP contribution >= 0.6 is 0 Å². The molecule has 0 unspecified atom stereocenters. The number of aromatic nitrogens is 1. The lowest BCUT2D eigenvalue weighted by atomic mass is 9.95. The predicted octanol–water partition coefficient (Wildman–Crippen LogP) is 3.14. The van der Waals surface area contributed by atoms with Crippen LogP contribution in [0.25, 0.3) is 11.1 Å². The van der Waals surface area contributed by atoms with Crippen molar-refractivity contribution < 1.29 is 23.5 Å². The molecule has 6 nitrogen and oxygen atoms in total. The van der Waals surface area contributed by atoms with Crippen LogP contribution in [0.15, 0.2) is 30.5 Å². The van der Waals surface area contributed by atoms with Gasteiger partial charge >= 0.3 is 11.9 Å². The molecule has 26 heavy (non-hydrogen) atoms. The molecule has 2 aromatic rings. The smallest absolute Gasteiger partial charge is 0.339 e. The van der Waals surface area contributed by atoms with Gasteiger partial charge in [0.15, 0.2) is 0 Å². The van der Waals surface area contributed by atoms with Gasteiger partial charge in [-0.05, 0) is 50.1 Å². The van der Waals surface area contributed by atoms with Gasteiger partial charge < -0.3 is 15.2 Å². The third-order valence-corrected chi connectivity index (χ3v) is 3.47. The summed E-state index contributed by atoms with van der Waals surface area (Å²) in [6, 6.07) is 5.79. The van der Waals surface area contributed by atoms with Crippen LogP contribution in [0.5, 0.6) is 0 Å². The summed E-state index contributed by atoms with van der Waals surface area (Å²) in [5.41, 5.74) is 5.46. The third-order valence-electron chi connectivity index (χ3n) is 3.47. The maximum Gasteiger partial charge on any atom is 0.339 e. The summed E-state index contributed by atoms with van der Waals surface area (Å²) in [4.78, 5) is 28.0. The zero-order chi connectivity index (χ0) is 19.5. The van der Waals surface area contributed by atoms with Gasteiger partial charge in [0.05, 0.1) is 19.1 Å². The first-order valence-electron chi connectivity index (χ1n) is 7.96. The van der Waals surface area contributed by atoms with Gasteiger partial charge in [-0.3, -0.25) is 4.79 Å². The lowest BCUT2D eigenvalue weighted by Gasteiger charge is -2.21. The number of nitrogens with zero attached hydrogens (tertiary/aromatic N) is 1. The van der Waals surface area contributed by atoms with Crippen LogP contribution < -0.4 is 5.73 Å². The fourth-order valence-electron chi connectivity index (χ4n) is 2.37. The second-order valence-corrected chi connectivity index (χ2v) is 6.69. The van der Waals surface area contributed by atoms with E-state index in [-0.39, 0.29) is 28.9 Å². The number of esters is 2. The van der Waals surface area contributed by atoms with Gasteiger partial charge in [0.2, 0.25) is 0 Å². The molecule has 0 aliphatic heterocycles. The van der Waals surface area contributed by atoms with E-state index in [2.05, 4.69) is 9.72 Å². The van der Waals surface area contributed by atoms with Crippen molar-refractivity contribution in [2.24, 2.45) is 0 Å². The quantitative estimate of drug-likeness (QED) is 0.842. The van der Waals surface area contributed by atoms with Gasteiger partial charge in [-0.25, -0.2) is 14.2 Å². The molecule has 0 atom stereocenters. The molecule has 1 aromatic heterocycles. The second kappa shape index (κ2) is 7.51. The zero-order valence-corrected chi connectivity index (χ0v) is 15.1. The summed E-state index contributed by atoms with van der Waals surface area (Å²) in [6.07, 6.45) is 1.15. The molecule has 0 amide bonds. The number of hydrogen-bond donors (Lipinski definition) is 1. The molecule has 7 heteroatoms. The Hall–Kier alpha value is -2.96. The van der Waals surface area contributed by atoms with Gasteiger partial charge in [-0.2, -0.15) is 0 Å². The Kier molecular flexibility index (Phi) is 5.59. The highest BCUT2D eigenvalue weighted by Crippen LogP contribution is 2.31. The summed E-state index contributed by atoms with van der Waals surface area (Å²) in [6.45, 7) is 5.16. The summed E-state index contributed by atoms with van der Waals surface area (Å²) in [5, 5.41) is 0. The zero-order valence-electron chi connectivity index (χ0n) is 15.1. The molecular weight excluding hydrogens is 339 g/mol. The monoisotopic (exact) mass is 360 g/mol. The predicted molar refractivity (Wildman–Crippen MR) is 94.9 cm³/mol. The standard InChI is InChI=1S/C19H21FN2O4/c1-19(2,3)26-18(24)13-6-5-12(10-15(23)25-4)17(20)16(13)11-7-8-22-14(21)9-11/h5-9H,10H2,1-4H3,(H2,21,22). The lowest BCUT2D eigenvalue weighted by molar-refractivity contribution is -0.139. The number of halogens is 1. The fourth-order valence-corrected chi connectivity index (χ4v) is 2.37. The first-order valence-corrected chi connectivity index (χ1v) is 7.96. The van der Waals surface area contributed by atoms with Gasteiger partial charge in [0.1, 0.15) is 17.2 Å². The number of benzene rings is 1. The molecule has 0 radical (unpaired) electrons. The Bertz CT molecular complexity index is 844. The molecule has 1 heterocycles. The van der Waals surface area contributed by atoms with E-state index in [1.54, 1.807) is 20.8 Å². The highest BCUT2D eigenvalue weighted by Gasteiger charge is 2.25. The minimum atomic E-state index is -0.743. The molecular formula is C19H21FN2O4. The highest BCUT2D eigenvalue weighted by atomic mass is 19.1. The van der Waals surface area contributed by atoms with Crippen LogP contribution in [0.2, 0.25) is 0 Å². The van der Waals surface area contributed by atoms with Crippen molar-refractivity contribution >= 4 is 17.8 Å². The van der Waals surface area contributed by atoms with Crippen molar-refractivity contribution in [3.8, 4) is 11.1 Å². The van der Waals surface area contributed by atoms with Crippen LogP contribution in [0.1, 0.15) is 36.7 Å². The average molecular weight is 360 g/mol. The Morgan fingerprint density at radius 2 is 1.92 bits per heavy atom. The Morgan fingerprint density at radius 3 is 2.50 bits per heavy atom. The second-order valence-electron chi connectivity index (χ2n) is 6.69. The molecule has 0 bridgehead atoms. The van der Waals surface area contributed by atoms with Gasteiger partial charge in [-0.1, -0.05) is 6.07 Å². The van der Waals surface area contributed by atoms with E-state index in [9.17, 15) is 9.59 Å². The number of nitrogens with two attached hydrogens (primary N) is 1. The molecule has 1 aromatic carbocycles. The molecule has 0 aliphatic carbocycles. The summed E-state index contributed by atoms with van der Waals surface area (Å²) in [5.74, 6) is -1.79. The first-order chi connectivity index (χ1) is 12.1. The van der Waals surface area contributed by atoms with Crippen LogP contribution in [0.4, 0.5) is 10.2 Å². The highest BCUT2D eigenvalue weighted by molar-refractivity contribution is 5.98. The fraction of sp³-hybridized carbons (Fsp3) is 0.316. The number of methoxy groups -OCH3 is 1. The van der Waals surface area contributed by atoms with Crippen LogP contribution in [-0.2, 0) is 20.7 Å². The molecule has 0 saturated heterocycles. The lowest BCUT2D eigenvalue weighted by Crippen LogP contribution is -2.24. The number of ether oxygens (including phenoxy) is 2. The summed E-state index contributed by atoms with van der Waals surface area (Å²) < 4.78 is 25.1. The Morgan fingerprint density at radius 1 is 1.23 bits per heavy atom. The van der Waals surface area contributed by atoms with E-state index in [4.69, 9.17) is 10.5 Å². The summed E-state index contributed by atoms with van der Waals surface area (Å²) in [7, 11) is 1.22. The van der Waals surface area contributed by atoms with E-state index in [1.807, 2.05) is 0 Å². The third kappa shape index (κ3) is 4.56. The van der Waals surface area contributed by atoms with Crippen LogP contribution in [-0.4, -0.2) is 29.6 Å². The molecule has 2 N–H and O–H groups in total. The van der Waals surface area contributed by atoms with Gasteiger partial charge in [0.25, 0.3) is 0 Å². The minimum Gasteiger partial charge on any atom is -0.469 e. The molecule has 0 saturated carbocycles. The normalized spacial score (nSPS) is 11.1. The first kappa shape index (κ1) is 19.4. The number of anilines is 1. The SMILES string of the molecule is COC(=O)Cc1ccc(C(=O)OC(C)(C)C)c(-c2ccnc(N)c2)c1F. The van der Waals surface area contributed by atoms with Crippen molar-refractivity contribution in [1.29, 1.82) is 0 Å². The maximum absolute atomic E-state index is 15.2. The number of rotatable bonds is 4. The Labute approximate surface area is 151 Å². The van der Waals surface area contributed by atoms with Gasteiger partial charge in [-0.15, -0.1) is 0 Å².